The van der Waals surface area contributed by atoms with Gasteiger partial charge < -0.3 is 0 Å². The molecular weight excluding hydrogens is 372 g/mol. The summed E-state index contributed by atoms with van der Waals surface area (Å²) in [5, 5.41) is 2.20. The number of hydrogen-bond donors (Lipinski definition) is 1. The molecule has 0 aromatic heterocycles. The highest BCUT2D eigenvalue weighted by Crippen LogP contribution is 2.24. The SMILES string of the molecule is Cc1ccc(C=C2C(=O)NC(=O)N(c3cccc(Br)c3)C2=O)cc1. The fourth-order valence-electron chi connectivity index (χ4n) is 2.34. The fraction of sp³-hybridized carbons (Fsp3) is 0.0556. The van der Waals surface area contributed by atoms with Crippen LogP contribution in [0.15, 0.2) is 58.6 Å². The number of hydrogen-bond acceptors (Lipinski definition) is 3. The summed E-state index contributed by atoms with van der Waals surface area (Å²) in [4.78, 5) is 37.8. The second-order valence-corrected chi connectivity index (χ2v) is 6.26. The molecule has 1 heterocycles. The van der Waals surface area contributed by atoms with Crippen molar-refractivity contribution in [3.8, 4) is 0 Å². The van der Waals surface area contributed by atoms with Crippen molar-refractivity contribution < 1.29 is 14.4 Å². The lowest BCUT2D eigenvalue weighted by atomic mass is 10.1. The van der Waals surface area contributed by atoms with E-state index in [1.54, 1.807) is 24.3 Å². The first kappa shape index (κ1) is 16.1. The number of rotatable bonds is 2. The van der Waals surface area contributed by atoms with E-state index in [0.29, 0.717) is 11.3 Å². The van der Waals surface area contributed by atoms with Gasteiger partial charge in [-0.15, -0.1) is 0 Å². The number of nitrogens with one attached hydrogen (secondary N) is 1. The van der Waals surface area contributed by atoms with Crippen LogP contribution in [0.1, 0.15) is 11.1 Å². The van der Waals surface area contributed by atoms with Crippen molar-refractivity contribution in [2.24, 2.45) is 0 Å². The first-order valence-electron chi connectivity index (χ1n) is 7.19. The zero-order valence-electron chi connectivity index (χ0n) is 12.7. The molecule has 0 saturated carbocycles. The molecular formula is C18H13BrN2O3. The Balaban J connectivity index is 2.01. The van der Waals surface area contributed by atoms with Crippen molar-refractivity contribution >= 4 is 45.5 Å². The van der Waals surface area contributed by atoms with Crippen LogP contribution >= 0.6 is 15.9 Å². The number of nitrogens with zero attached hydrogens (tertiary/aromatic N) is 1. The van der Waals surface area contributed by atoms with Crippen molar-refractivity contribution in [2.75, 3.05) is 4.90 Å². The van der Waals surface area contributed by atoms with Crippen LogP contribution in [0.25, 0.3) is 6.08 Å². The molecule has 0 bridgehead atoms. The third kappa shape index (κ3) is 3.14. The van der Waals surface area contributed by atoms with Gasteiger partial charge >= 0.3 is 6.03 Å². The van der Waals surface area contributed by atoms with Crippen molar-refractivity contribution in [3.63, 3.8) is 0 Å². The maximum atomic E-state index is 12.7. The molecule has 4 amide bonds. The Bertz CT molecular complexity index is 872. The molecule has 2 aromatic carbocycles. The normalized spacial score (nSPS) is 16.5. The summed E-state index contributed by atoms with van der Waals surface area (Å²) in [5.41, 5.74) is 2.08. The van der Waals surface area contributed by atoms with Gasteiger partial charge in [0.05, 0.1) is 5.69 Å². The predicted octanol–water partition coefficient (Wildman–Crippen LogP) is 3.42. The Labute approximate surface area is 147 Å². The van der Waals surface area contributed by atoms with Crippen LogP contribution in [-0.4, -0.2) is 17.8 Å². The van der Waals surface area contributed by atoms with E-state index >= 15 is 0 Å². The van der Waals surface area contributed by atoms with Gasteiger partial charge in [-0.05, 0) is 36.8 Å². The monoisotopic (exact) mass is 384 g/mol. The number of barbiturate groups is 1. The largest absolute Gasteiger partial charge is 0.335 e. The maximum absolute atomic E-state index is 12.7. The molecule has 0 aliphatic carbocycles. The highest BCUT2D eigenvalue weighted by molar-refractivity contribution is 9.10. The summed E-state index contributed by atoms with van der Waals surface area (Å²) in [6.07, 6.45) is 1.48. The van der Waals surface area contributed by atoms with E-state index in [1.165, 1.54) is 6.08 Å². The fourth-order valence-corrected chi connectivity index (χ4v) is 2.72. The van der Waals surface area contributed by atoms with E-state index < -0.39 is 17.8 Å². The average Bonchev–Trinajstić information content (AvgIpc) is 2.53. The number of carbonyl (C=O) groups is 3. The van der Waals surface area contributed by atoms with E-state index in [-0.39, 0.29) is 5.57 Å². The third-order valence-electron chi connectivity index (χ3n) is 3.56. The number of amides is 4. The molecule has 1 fully saturated rings. The Morgan fingerprint density at radius 2 is 1.75 bits per heavy atom. The minimum absolute atomic E-state index is 0.0848. The van der Waals surface area contributed by atoms with Gasteiger partial charge in [-0.1, -0.05) is 51.8 Å². The van der Waals surface area contributed by atoms with Crippen LogP contribution in [0.3, 0.4) is 0 Å². The molecule has 0 atom stereocenters. The van der Waals surface area contributed by atoms with Crippen molar-refractivity contribution in [2.45, 2.75) is 6.92 Å². The van der Waals surface area contributed by atoms with Gasteiger partial charge in [0.15, 0.2) is 0 Å². The van der Waals surface area contributed by atoms with Gasteiger partial charge in [0.2, 0.25) is 0 Å². The molecule has 1 saturated heterocycles. The summed E-state index contributed by atoms with van der Waals surface area (Å²) < 4.78 is 0.724. The summed E-state index contributed by atoms with van der Waals surface area (Å²) in [6.45, 7) is 1.95. The van der Waals surface area contributed by atoms with Crippen LogP contribution in [0.2, 0.25) is 0 Å². The molecule has 6 heteroatoms. The van der Waals surface area contributed by atoms with Crippen molar-refractivity contribution in [1.82, 2.24) is 5.32 Å². The molecule has 1 aliphatic heterocycles. The topological polar surface area (TPSA) is 66.5 Å². The number of imide groups is 2. The molecule has 0 spiro atoms. The van der Waals surface area contributed by atoms with Crippen LogP contribution in [0, 0.1) is 6.92 Å². The molecule has 24 heavy (non-hydrogen) atoms. The van der Waals surface area contributed by atoms with Gasteiger partial charge in [0.25, 0.3) is 11.8 Å². The molecule has 1 aliphatic rings. The summed E-state index contributed by atoms with van der Waals surface area (Å²) in [6, 6.07) is 13.4. The first-order valence-corrected chi connectivity index (χ1v) is 7.99. The zero-order valence-corrected chi connectivity index (χ0v) is 14.3. The summed E-state index contributed by atoms with van der Waals surface area (Å²) >= 11 is 3.30. The second-order valence-electron chi connectivity index (χ2n) is 5.35. The first-order chi connectivity index (χ1) is 11.5. The Morgan fingerprint density at radius 3 is 2.42 bits per heavy atom. The van der Waals surface area contributed by atoms with Crippen molar-refractivity contribution in [1.29, 1.82) is 0 Å². The number of benzene rings is 2. The van der Waals surface area contributed by atoms with Gasteiger partial charge in [0, 0.05) is 4.47 Å². The molecule has 5 nitrogen and oxygen atoms in total. The maximum Gasteiger partial charge on any atom is 0.335 e. The van der Waals surface area contributed by atoms with E-state index in [2.05, 4.69) is 21.2 Å². The minimum atomic E-state index is -0.760. The molecule has 0 unspecified atom stereocenters. The molecule has 0 radical (unpaired) electrons. The van der Waals surface area contributed by atoms with E-state index in [0.717, 1.165) is 14.9 Å². The van der Waals surface area contributed by atoms with E-state index in [9.17, 15) is 14.4 Å². The molecule has 120 valence electrons. The second kappa shape index (κ2) is 6.41. The number of halogens is 1. The van der Waals surface area contributed by atoms with Crippen LogP contribution < -0.4 is 10.2 Å². The lowest BCUT2D eigenvalue weighted by Gasteiger charge is -2.26. The quantitative estimate of drug-likeness (QED) is 0.637. The zero-order chi connectivity index (χ0) is 17.3. The van der Waals surface area contributed by atoms with Crippen LogP contribution in [0.4, 0.5) is 10.5 Å². The lowest BCUT2D eigenvalue weighted by Crippen LogP contribution is -2.54. The standard InChI is InChI=1S/C18H13BrN2O3/c1-11-5-7-12(8-6-11)9-15-16(22)20-18(24)21(17(15)23)14-4-2-3-13(19)10-14/h2-10H,1H3,(H,20,22,24). The smallest absolute Gasteiger partial charge is 0.273 e. The minimum Gasteiger partial charge on any atom is -0.273 e. The molecule has 3 rings (SSSR count). The van der Waals surface area contributed by atoms with Crippen LogP contribution in [-0.2, 0) is 9.59 Å². The Morgan fingerprint density at radius 1 is 1.04 bits per heavy atom. The number of carbonyl (C=O) groups excluding carboxylic acids is 3. The van der Waals surface area contributed by atoms with E-state index in [1.807, 2.05) is 31.2 Å². The highest BCUT2D eigenvalue weighted by Gasteiger charge is 2.36. The van der Waals surface area contributed by atoms with Crippen LogP contribution in [0.5, 0.6) is 0 Å². The summed E-state index contributed by atoms with van der Waals surface area (Å²) in [5.74, 6) is -1.35. The number of anilines is 1. The lowest BCUT2D eigenvalue weighted by molar-refractivity contribution is -0.122. The predicted molar refractivity (Wildman–Crippen MR) is 94.3 cm³/mol. The highest BCUT2D eigenvalue weighted by atomic mass is 79.9. The number of urea groups is 1. The Kier molecular flexibility index (Phi) is 4.31. The molecule has 1 N–H and O–H groups in total. The van der Waals surface area contributed by atoms with Gasteiger partial charge in [0.1, 0.15) is 5.57 Å². The van der Waals surface area contributed by atoms with E-state index in [4.69, 9.17) is 0 Å². The molecule has 2 aromatic rings. The van der Waals surface area contributed by atoms with Gasteiger partial charge in [-0.2, -0.15) is 0 Å². The average molecular weight is 385 g/mol. The Hall–Kier alpha value is -2.73. The third-order valence-corrected chi connectivity index (χ3v) is 4.05. The van der Waals surface area contributed by atoms with Gasteiger partial charge in [-0.3, -0.25) is 14.9 Å². The van der Waals surface area contributed by atoms with Crippen molar-refractivity contribution in [3.05, 3.63) is 69.7 Å². The van der Waals surface area contributed by atoms with Gasteiger partial charge in [-0.25, -0.2) is 9.69 Å². The summed E-state index contributed by atoms with van der Waals surface area (Å²) in [7, 11) is 0. The number of aryl methyl sites for hydroxylation is 1.